The Balaban J connectivity index is 2.26. The molecule has 2 aromatic rings. The molecule has 6 nitrogen and oxygen atoms in total. The molecule has 0 unspecified atom stereocenters. The number of anilines is 2. The Hall–Kier alpha value is -2.12. The van der Waals surface area contributed by atoms with Gasteiger partial charge in [0, 0.05) is 11.9 Å². The molecule has 1 aromatic heterocycles. The maximum Gasteiger partial charge on any atom is 0.263 e. The third-order valence-corrected chi connectivity index (χ3v) is 4.37. The summed E-state index contributed by atoms with van der Waals surface area (Å²) in [6.45, 7) is 4.10. The summed E-state index contributed by atoms with van der Waals surface area (Å²) in [7, 11) is -3.66. The van der Waals surface area contributed by atoms with Crippen molar-refractivity contribution in [3.63, 3.8) is 0 Å². The van der Waals surface area contributed by atoms with E-state index in [-0.39, 0.29) is 4.90 Å². The molecule has 0 saturated heterocycles. The molecule has 0 atom stereocenters. The zero-order chi connectivity index (χ0) is 15.5. The Morgan fingerprint density at radius 1 is 1.19 bits per heavy atom. The first-order valence-corrected chi connectivity index (χ1v) is 7.96. The Morgan fingerprint density at radius 2 is 1.95 bits per heavy atom. The van der Waals surface area contributed by atoms with Crippen molar-refractivity contribution >= 4 is 21.5 Å². The van der Waals surface area contributed by atoms with Gasteiger partial charge in [-0.1, -0.05) is 26.0 Å². The third kappa shape index (κ3) is 3.71. The molecule has 0 aliphatic heterocycles. The lowest BCUT2D eigenvalue weighted by atomic mass is 10.0. The molecule has 0 spiro atoms. The monoisotopic (exact) mass is 306 g/mol. The molecular weight excluding hydrogens is 288 g/mol. The fraction of sp³-hybridized carbons (Fsp3) is 0.214. The van der Waals surface area contributed by atoms with Gasteiger partial charge in [0.25, 0.3) is 10.0 Å². The molecule has 0 bridgehead atoms. The van der Waals surface area contributed by atoms with E-state index in [2.05, 4.69) is 29.0 Å². The fourth-order valence-corrected chi connectivity index (χ4v) is 2.79. The molecule has 2 rings (SSSR count). The predicted molar refractivity (Wildman–Crippen MR) is 83.4 cm³/mol. The Kier molecular flexibility index (Phi) is 4.44. The minimum Gasteiger partial charge on any atom is -0.308 e. The van der Waals surface area contributed by atoms with Gasteiger partial charge in [-0.05, 0) is 35.7 Å². The molecular formula is C14H18N4O2S. The van der Waals surface area contributed by atoms with Crippen LogP contribution in [-0.2, 0) is 10.0 Å². The van der Waals surface area contributed by atoms with Crippen LogP contribution in [0.2, 0.25) is 0 Å². The quantitative estimate of drug-likeness (QED) is 0.581. The van der Waals surface area contributed by atoms with E-state index in [1.807, 2.05) is 18.2 Å². The molecule has 21 heavy (non-hydrogen) atoms. The smallest absolute Gasteiger partial charge is 0.263 e. The highest BCUT2D eigenvalue weighted by Crippen LogP contribution is 2.21. The third-order valence-electron chi connectivity index (χ3n) is 3.00. The number of hydrazine groups is 1. The van der Waals surface area contributed by atoms with Gasteiger partial charge in [-0.25, -0.2) is 19.2 Å². The normalized spacial score (nSPS) is 11.4. The number of sulfonamides is 1. The van der Waals surface area contributed by atoms with Gasteiger partial charge >= 0.3 is 0 Å². The van der Waals surface area contributed by atoms with Crippen molar-refractivity contribution in [1.82, 2.24) is 4.98 Å². The fourth-order valence-electron chi connectivity index (χ4n) is 1.80. The van der Waals surface area contributed by atoms with Crippen LogP contribution in [0, 0.1) is 0 Å². The molecule has 1 heterocycles. The van der Waals surface area contributed by atoms with Crippen LogP contribution < -0.4 is 16.0 Å². The SMILES string of the molecule is CC(C)c1cccc(NS(=O)(=O)c2ccc(NN)nc2)c1. The second-order valence-electron chi connectivity index (χ2n) is 4.91. The highest BCUT2D eigenvalue weighted by molar-refractivity contribution is 7.92. The largest absolute Gasteiger partial charge is 0.308 e. The Morgan fingerprint density at radius 3 is 2.52 bits per heavy atom. The summed E-state index contributed by atoms with van der Waals surface area (Å²) in [5.74, 6) is 5.92. The Bertz CT molecular complexity index is 712. The van der Waals surface area contributed by atoms with E-state index >= 15 is 0 Å². The summed E-state index contributed by atoms with van der Waals surface area (Å²) >= 11 is 0. The molecule has 7 heteroatoms. The van der Waals surface area contributed by atoms with E-state index < -0.39 is 10.0 Å². The summed E-state index contributed by atoms with van der Waals surface area (Å²) in [5, 5.41) is 0. The molecule has 0 amide bonds. The van der Waals surface area contributed by atoms with Crippen molar-refractivity contribution in [3.8, 4) is 0 Å². The number of benzene rings is 1. The summed E-state index contributed by atoms with van der Waals surface area (Å²) in [6, 6.07) is 10.3. The number of hydrogen-bond donors (Lipinski definition) is 3. The van der Waals surface area contributed by atoms with Crippen LogP contribution in [0.3, 0.4) is 0 Å². The second kappa shape index (κ2) is 6.11. The Labute approximate surface area is 124 Å². The van der Waals surface area contributed by atoms with Crippen molar-refractivity contribution < 1.29 is 8.42 Å². The van der Waals surface area contributed by atoms with Crippen LogP contribution in [0.1, 0.15) is 25.3 Å². The van der Waals surface area contributed by atoms with E-state index in [0.717, 1.165) is 5.56 Å². The van der Waals surface area contributed by atoms with E-state index in [4.69, 9.17) is 5.84 Å². The number of aromatic nitrogens is 1. The molecule has 0 fully saturated rings. The van der Waals surface area contributed by atoms with Crippen molar-refractivity contribution in [2.75, 3.05) is 10.1 Å². The van der Waals surface area contributed by atoms with Gasteiger partial charge in [0.05, 0.1) is 0 Å². The minimum atomic E-state index is -3.66. The number of nitrogens with zero attached hydrogens (tertiary/aromatic N) is 1. The molecule has 112 valence electrons. The molecule has 0 aliphatic rings. The number of pyridine rings is 1. The lowest BCUT2D eigenvalue weighted by Crippen LogP contribution is -2.14. The minimum absolute atomic E-state index is 0.0800. The first kappa shape index (κ1) is 15.3. The first-order valence-electron chi connectivity index (χ1n) is 6.48. The van der Waals surface area contributed by atoms with Crippen LogP contribution in [0.5, 0.6) is 0 Å². The summed E-state index contributed by atoms with van der Waals surface area (Å²) in [4.78, 5) is 3.98. The van der Waals surface area contributed by atoms with E-state index in [1.165, 1.54) is 18.3 Å². The number of hydrogen-bond acceptors (Lipinski definition) is 5. The first-order chi connectivity index (χ1) is 9.92. The molecule has 0 saturated carbocycles. The van der Waals surface area contributed by atoms with Gasteiger partial charge in [-0.2, -0.15) is 0 Å². The van der Waals surface area contributed by atoms with Crippen molar-refractivity contribution in [3.05, 3.63) is 48.2 Å². The second-order valence-corrected chi connectivity index (χ2v) is 6.59. The van der Waals surface area contributed by atoms with E-state index in [1.54, 1.807) is 6.07 Å². The summed E-state index contributed by atoms with van der Waals surface area (Å²) in [6.07, 6.45) is 1.25. The maximum atomic E-state index is 12.3. The molecule has 0 radical (unpaired) electrons. The number of nitrogens with one attached hydrogen (secondary N) is 2. The van der Waals surface area contributed by atoms with Gasteiger partial charge < -0.3 is 5.43 Å². The van der Waals surface area contributed by atoms with Gasteiger partial charge in [-0.3, -0.25) is 4.72 Å². The van der Waals surface area contributed by atoms with E-state index in [0.29, 0.717) is 17.4 Å². The standard InChI is InChI=1S/C14H18N4O2S/c1-10(2)11-4-3-5-12(8-11)18-21(19,20)13-6-7-14(17-15)16-9-13/h3-10,18H,15H2,1-2H3,(H,16,17). The van der Waals surface area contributed by atoms with Crippen LogP contribution in [-0.4, -0.2) is 13.4 Å². The van der Waals surface area contributed by atoms with E-state index in [9.17, 15) is 8.42 Å². The zero-order valence-corrected chi connectivity index (χ0v) is 12.7. The van der Waals surface area contributed by atoms with Crippen LogP contribution >= 0.6 is 0 Å². The van der Waals surface area contributed by atoms with Crippen molar-refractivity contribution in [1.29, 1.82) is 0 Å². The van der Waals surface area contributed by atoms with Crippen molar-refractivity contribution in [2.45, 2.75) is 24.7 Å². The lowest BCUT2D eigenvalue weighted by Gasteiger charge is -2.11. The summed E-state index contributed by atoms with van der Waals surface area (Å²) in [5.41, 5.74) is 3.94. The highest BCUT2D eigenvalue weighted by Gasteiger charge is 2.15. The average molecular weight is 306 g/mol. The number of nitrogen functional groups attached to an aromatic ring is 1. The lowest BCUT2D eigenvalue weighted by molar-refractivity contribution is 0.601. The van der Waals surface area contributed by atoms with Gasteiger partial charge in [0.1, 0.15) is 10.7 Å². The topological polar surface area (TPSA) is 97.1 Å². The molecule has 4 N–H and O–H groups in total. The predicted octanol–water partition coefficient (Wildman–Crippen LogP) is 2.29. The summed E-state index contributed by atoms with van der Waals surface area (Å²) < 4.78 is 27.1. The molecule has 0 aliphatic carbocycles. The number of nitrogens with two attached hydrogens (primary N) is 1. The van der Waals surface area contributed by atoms with Crippen LogP contribution in [0.15, 0.2) is 47.5 Å². The van der Waals surface area contributed by atoms with Gasteiger partial charge in [0.15, 0.2) is 0 Å². The van der Waals surface area contributed by atoms with Crippen molar-refractivity contribution in [2.24, 2.45) is 5.84 Å². The van der Waals surface area contributed by atoms with Crippen LogP contribution in [0.4, 0.5) is 11.5 Å². The van der Waals surface area contributed by atoms with Gasteiger partial charge in [0.2, 0.25) is 0 Å². The average Bonchev–Trinajstić information content (AvgIpc) is 2.47. The highest BCUT2D eigenvalue weighted by atomic mass is 32.2. The molecule has 1 aromatic carbocycles. The van der Waals surface area contributed by atoms with Crippen LogP contribution in [0.25, 0.3) is 0 Å². The maximum absolute atomic E-state index is 12.3. The zero-order valence-electron chi connectivity index (χ0n) is 11.9. The number of rotatable bonds is 5. The van der Waals surface area contributed by atoms with Gasteiger partial charge in [-0.15, -0.1) is 0 Å².